The molecule has 0 bridgehead atoms. The van der Waals surface area contributed by atoms with Crippen molar-refractivity contribution in [2.45, 2.75) is 38.7 Å². The van der Waals surface area contributed by atoms with Crippen LogP contribution in [0, 0.1) is 6.92 Å². The van der Waals surface area contributed by atoms with Crippen LogP contribution in [0.5, 0.6) is 0 Å². The standard InChI is InChI=1S/C24H32N4O3/c1-17-5-4-6-18(13-17)14-20-21(15-30-2)25-23(19-7-8-19)26-24(20)28-11-9-27(10-12-28)22(29)16-31-3/h4-6,13,19H,7-12,14-16H2,1-3H3. The predicted molar refractivity (Wildman–Crippen MR) is 119 cm³/mol. The molecule has 1 saturated carbocycles. The number of carbonyl (C=O) groups excluding carboxylic acids is 1. The largest absolute Gasteiger partial charge is 0.378 e. The van der Waals surface area contributed by atoms with E-state index in [4.69, 9.17) is 19.4 Å². The van der Waals surface area contributed by atoms with Crippen molar-refractivity contribution >= 4 is 11.7 Å². The normalized spacial score (nSPS) is 16.6. The SMILES string of the molecule is COCC(=O)N1CCN(c2nc(C3CC3)nc(COC)c2Cc2cccc(C)c2)CC1. The summed E-state index contributed by atoms with van der Waals surface area (Å²) in [4.78, 5) is 26.4. The first-order valence-electron chi connectivity index (χ1n) is 11.0. The van der Waals surface area contributed by atoms with E-state index in [1.165, 1.54) is 11.1 Å². The number of carbonyl (C=O) groups is 1. The van der Waals surface area contributed by atoms with Gasteiger partial charge >= 0.3 is 0 Å². The third-order valence-electron chi connectivity index (χ3n) is 5.97. The summed E-state index contributed by atoms with van der Waals surface area (Å²) in [7, 11) is 3.28. The van der Waals surface area contributed by atoms with Crippen molar-refractivity contribution in [2.24, 2.45) is 0 Å². The highest BCUT2D eigenvalue weighted by atomic mass is 16.5. The molecule has 7 heteroatoms. The molecule has 0 unspecified atom stereocenters. The van der Waals surface area contributed by atoms with Crippen LogP contribution in [0.2, 0.25) is 0 Å². The van der Waals surface area contributed by atoms with Gasteiger partial charge in [0.1, 0.15) is 18.2 Å². The van der Waals surface area contributed by atoms with Gasteiger partial charge in [-0.15, -0.1) is 0 Å². The number of piperazine rings is 1. The highest BCUT2D eigenvalue weighted by Crippen LogP contribution is 2.40. The smallest absolute Gasteiger partial charge is 0.248 e. The molecule has 1 amide bonds. The fourth-order valence-electron chi connectivity index (χ4n) is 4.17. The van der Waals surface area contributed by atoms with Gasteiger partial charge in [0.2, 0.25) is 5.91 Å². The Hall–Kier alpha value is -2.51. The summed E-state index contributed by atoms with van der Waals surface area (Å²) >= 11 is 0. The number of ether oxygens (including phenoxy) is 2. The van der Waals surface area contributed by atoms with E-state index in [1.54, 1.807) is 14.2 Å². The van der Waals surface area contributed by atoms with Crippen LogP contribution < -0.4 is 4.90 Å². The molecular formula is C24H32N4O3. The summed E-state index contributed by atoms with van der Waals surface area (Å²) in [5.74, 6) is 2.45. The molecule has 31 heavy (non-hydrogen) atoms. The van der Waals surface area contributed by atoms with E-state index in [0.717, 1.165) is 55.3 Å². The average molecular weight is 425 g/mol. The highest BCUT2D eigenvalue weighted by Gasteiger charge is 2.31. The number of hydrogen-bond donors (Lipinski definition) is 0. The number of hydrogen-bond acceptors (Lipinski definition) is 6. The molecule has 2 aromatic rings. The van der Waals surface area contributed by atoms with Crippen LogP contribution in [0.15, 0.2) is 24.3 Å². The molecule has 1 aromatic heterocycles. The van der Waals surface area contributed by atoms with Gasteiger partial charge in [0.25, 0.3) is 0 Å². The molecule has 0 radical (unpaired) electrons. The lowest BCUT2D eigenvalue weighted by molar-refractivity contribution is -0.135. The maximum absolute atomic E-state index is 12.2. The minimum Gasteiger partial charge on any atom is -0.378 e. The molecule has 1 saturated heterocycles. The first-order valence-corrected chi connectivity index (χ1v) is 11.0. The monoisotopic (exact) mass is 424 g/mol. The van der Waals surface area contributed by atoms with Crippen molar-refractivity contribution in [1.29, 1.82) is 0 Å². The van der Waals surface area contributed by atoms with Gasteiger partial charge in [0.05, 0.1) is 12.3 Å². The predicted octanol–water partition coefficient (Wildman–Crippen LogP) is 2.69. The number of aryl methyl sites for hydroxylation is 1. The van der Waals surface area contributed by atoms with Gasteiger partial charge in [0.15, 0.2) is 0 Å². The van der Waals surface area contributed by atoms with Gasteiger partial charge in [0, 0.05) is 58.3 Å². The zero-order valence-electron chi connectivity index (χ0n) is 18.8. The van der Waals surface area contributed by atoms with Crippen molar-refractivity contribution in [3.63, 3.8) is 0 Å². The Kier molecular flexibility index (Phi) is 6.83. The average Bonchev–Trinajstić information content (AvgIpc) is 3.61. The number of benzene rings is 1. The van der Waals surface area contributed by atoms with Crippen molar-refractivity contribution < 1.29 is 14.3 Å². The second kappa shape index (κ2) is 9.75. The minimum absolute atomic E-state index is 0.0450. The number of nitrogens with zero attached hydrogens (tertiary/aromatic N) is 4. The fourth-order valence-corrected chi connectivity index (χ4v) is 4.17. The third kappa shape index (κ3) is 5.22. The summed E-state index contributed by atoms with van der Waals surface area (Å²) in [5.41, 5.74) is 4.60. The Labute approximate surface area is 184 Å². The van der Waals surface area contributed by atoms with Gasteiger partial charge in [-0.25, -0.2) is 9.97 Å². The lowest BCUT2D eigenvalue weighted by Gasteiger charge is -2.36. The van der Waals surface area contributed by atoms with E-state index in [-0.39, 0.29) is 12.5 Å². The number of methoxy groups -OCH3 is 2. The molecule has 2 heterocycles. The van der Waals surface area contributed by atoms with E-state index in [0.29, 0.717) is 25.6 Å². The van der Waals surface area contributed by atoms with Crippen LogP contribution in [0.4, 0.5) is 5.82 Å². The quantitative estimate of drug-likeness (QED) is 0.649. The van der Waals surface area contributed by atoms with E-state index < -0.39 is 0 Å². The molecular weight excluding hydrogens is 392 g/mol. The zero-order chi connectivity index (χ0) is 21.8. The molecule has 0 N–H and O–H groups in total. The number of aromatic nitrogens is 2. The molecule has 1 aliphatic heterocycles. The van der Waals surface area contributed by atoms with Crippen LogP contribution in [-0.4, -0.2) is 67.8 Å². The molecule has 1 aromatic carbocycles. The highest BCUT2D eigenvalue weighted by molar-refractivity contribution is 5.77. The van der Waals surface area contributed by atoms with Crippen LogP contribution in [0.3, 0.4) is 0 Å². The molecule has 4 rings (SSSR count). The summed E-state index contributed by atoms with van der Waals surface area (Å²) < 4.78 is 10.5. The summed E-state index contributed by atoms with van der Waals surface area (Å²) in [5, 5.41) is 0. The van der Waals surface area contributed by atoms with Gasteiger partial charge in [-0.2, -0.15) is 0 Å². The van der Waals surface area contributed by atoms with Crippen LogP contribution in [0.25, 0.3) is 0 Å². The van der Waals surface area contributed by atoms with Gasteiger partial charge < -0.3 is 19.3 Å². The maximum Gasteiger partial charge on any atom is 0.248 e. The van der Waals surface area contributed by atoms with Crippen molar-refractivity contribution in [3.05, 3.63) is 52.5 Å². The number of rotatable bonds is 8. The second-order valence-corrected chi connectivity index (χ2v) is 8.50. The summed E-state index contributed by atoms with van der Waals surface area (Å²) in [6, 6.07) is 8.59. The summed E-state index contributed by atoms with van der Waals surface area (Å²) in [6.07, 6.45) is 3.08. The first-order chi connectivity index (χ1) is 15.1. The lowest BCUT2D eigenvalue weighted by atomic mass is 10.0. The first kappa shape index (κ1) is 21.7. The van der Waals surface area contributed by atoms with Crippen LogP contribution in [0.1, 0.15) is 47.0 Å². The van der Waals surface area contributed by atoms with E-state index in [2.05, 4.69) is 36.1 Å². The third-order valence-corrected chi connectivity index (χ3v) is 5.97. The fraction of sp³-hybridized carbons (Fsp3) is 0.542. The number of anilines is 1. The van der Waals surface area contributed by atoms with E-state index >= 15 is 0 Å². The maximum atomic E-state index is 12.2. The number of amides is 1. The second-order valence-electron chi connectivity index (χ2n) is 8.50. The van der Waals surface area contributed by atoms with Gasteiger partial charge in [-0.3, -0.25) is 4.79 Å². The Morgan fingerprint density at radius 2 is 1.87 bits per heavy atom. The molecule has 0 spiro atoms. The van der Waals surface area contributed by atoms with Crippen molar-refractivity contribution in [3.8, 4) is 0 Å². The zero-order valence-corrected chi connectivity index (χ0v) is 18.8. The van der Waals surface area contributed by atoms with Gasteiger partial charge in [-0.1, -0.05) is 29.8 Å². The Balaban J connectivity index is 1.65. The van der Waals surface area contributed by atoms with Crippen molar-refractivity contribution in [1.82, 2.24) is 14.9 Å². The Morgan fingerprint density at radius 1 is 1.10 bits per heavy atom. The van der Waals surface area contributed by atoms with E-state index in [1.807, 2.05) is 4.90 Å². The Bertz CT molecular complexity index is 921. The van der Waals surface area contributed by atoms with E-state index in [9.17, 15) is 4.79 Å². The minimum atomic E-state index is 0.0450. The van der Waals surface area contributed by atoms with Crippen LogP contribution >= 0.6 is 0 Å². The molecule has 1 aliphatic carbocycles. The van der Waals surface area contributed by atoms with Crippen LogP contribution in [-0.2, 0) is 27.3 Å². The molecule has 7 nitrogen and oxygen atoms in total. The van der Waals surface area contributed by atoms with Gasteiger partial charge in [-0.05, 0) is 25.3 Å². The lowest BCUT2D eigenvalue weighted by Crippen LogP contribution is -2.50. The molecule has 2 fully saturated rings. The molecule has 2 aliphatic rings. The van der Waals surface area contributed by atoms with Crippen molar-refractivity contribution in [2.75, 3.05) is 51.9 Å². The molecule has 166 valence electrons. The molecule has 0 atom stereocenters. The topological polar surface area (TPSA) is 67.8 Å². The summed E-state index contributed by atoms with van der Waals surface area (Å²) in [6.45, 7) is 5.58. The Morgan fingerprint density at radius 3 is 2.52 bits per heavy atom.